The summed E-state index contributed by atoms with van der Waals surface area (Å²) in [4.78, 5) is 65.4. The van der Waals surface area contributed by atoms with Gasteiger partial charge in [-0.25, -0.2) is 9.37 Å². The smallest absolute Gasteiger partial charge is 0.260 e. The number of hydrazine groups is 1. The number of aromatic nitrogens is 1. The third-order valence-corrected chi connectivity index (χ3v) is 12.8. The Bertz CT molecular complexity index is 2740. The number of carbonyl (C=O) groups is 4. The zero-order valence-corrected chi connectivity index (χ0v) is 32.8. The highest BCUT2D eigenvalue weighted by Crippen LogP contribution is 2.64. The summed E-state index contributed by atoms with van der Waals surface area (Å²) in [5.74, 6) is -5.95. The first-order valence-electron chi connectivity index (χ1n) is 19.7. The monoisotopic (exact) mass is 822 g/mol. The molecule has 2 aliphatic heterocycles. The number of hydrogen-bond donors (Lipinski definition) is 2. The molecule has 60 heavy (non-hydrogen) atoms. The number of fused-ring (bicyclic) bond motifs is 5. The van der Waals surface area contributed by atoms with Crippen molar-refractivity contribution in [2.24, 2.45) is 23.7 Å². The lowest BCUT2D eigenvalue weighted by Crippen LogP contribution is -2.53. The Labute approximate surface area is 348 Å². The first-order valence-corrected chi connectivity index (χ1v) is 20.1. The first kappa shape index (κ1) is 37.5. The van der Waals surface area contributed by atoms with Crippen LogP contribution in [-0.4, -0.2) is 45.3 Å². The van der Waals surface area contributed by atoms with Crippen LogP contribution in [0.1, 0.15) is 36.8 Å². The number of para-hydroxylation sites is 2. The number of phenols is 1. The Morgan fingerprint density at radius 2 is 1.65 bits per heavy atom. The van der Waals surface area contributed by atoms with E-state index in [2.05, 4.69) is 10.4 Å². The predicted octanol–water partition coefficient (Wildman–Crippen LogP) is 8.58. The Morgan fingerprint density at radius 1 is 0.900 bits per heavy atom. The number of hydrogen-bond acceptors (Lipinski definition) is 9. The lowest BCUT2D eigenvalue weighted by Gasteiger charge is -2.50. The molecule has 5 aromatic carbocycles. The van der Waals surface area contributed by atoms with Gasteiger partial charge in [-0.2, -0.15) is 5.01 Å². The van der Waals surface area contributed by atoms with Gasteiger partial charge in [0.25, 0.3) is 11.8 Å². The number of anilines is 2. The molecule has 6 aromatic rings. The van der Waals surface area contributed by atoms with Crippen molar-refractivity contribution in [3.63, 3.8) is 0 Å². The maximum Gasteiger partial charge on any atom is 0.260 e. The normalized spacial score (nSPS) is 24.6. The third kappa shape index (κ3) is 5.65. The van der Waals surface area contributed by atoms with Crippen LogP contribution in [0.15, 0.2) is 131 Å². The highest BCUT2D eigenvalue weighted by molar-refractivity contribution is 6.30. The molecule has 0 unspecified atom stereocenters. The van der Waals surface area contributed by atoms with Crippen molar-refractivity contribution >= 4 is 57.7 Å². The fraction of sp³-hybridized carbons (Fsp3) is 0.213. The van der Waals surface area contributed by atoms with Gasteiger partial charge in [-0.05, 0) is 122 Å². The lowest BCUT2D eigenvalue weighted by molar-refractivity contribution is -0.138. The Kier molecular flexibility index (Phi) is 8.87. The van der Waals surface area contributed by atoms with Crippen LogP contribution in [0.4, 0.5) is 15.8 Å². The quantitative estimate of drug-likeness (QED) is 0.114. The summed E-state index contributed by atoms with van der Waals surface area (Å²) in [7, 11) is 0. The van der Waals surface area contributed by atoms with E-state index < -0.39 is 58.5 Å². The molecule has 0 bridgehead atoms. The lowest BCUT2D eigenvalue weighted by atomic mass is 9.49. The van der Waals surface area contributed by atoms with Gasteiger partial charge in [0, 0.05) is 16.5 Å². The average molecular weight is 823 g/mol. The Morgan fingerprint density at radius 3 is 2.38 bits per heavy atom. The van der Waals surface area contributed by atoms with Crippen LogP contribution in [-0.2, 0) is 24.6 Å². The molecule has 4 amide bonds. The van der Waals surface area contributed by atoms with Crippen molar-refractivity contribution in [1.29, 1.82) is 0 Å². The van der Waals surface area contributed by atoms with E-state index in [1.165, 1.54) is 35.2 Å². The van der Waals surface area contributed by atoms with E-state index in [1.807, 2.05) is 30.3 Å². The van der Waals surface area contributed by atoms with Crippen LogP contribution in [0.2, 0.25) is 5.02 Å². The molecule has 300 valence electrons. The number of benzene rings is 5. The highest BCUT2D eigenvalue weighted by atomic mass is 35.5. The number of imide groups is 2. The van der Waals surface area contributed by atoms with Crippen LogP contribution >= 0.6 is 11.6 Å². The van der Waals surface area contributed by atoms with E-state index in [0.717, 1.165) is 10.6 Å². The molecule has 2 saturated heterocycles. The third-order valence-electron chi connectivity index (χ3n) is 12.5. The van der Waals surface area contributed by atoms with E-state index in [4.69, 9.17) is 20.8 Å². The topological polar surface area (TPSA) is 142 Å². The molecule has 4 aliphatic rings. The van der Waals surface area contributed by atoms with Crippen LogP contribution in [0, 0.1) is 29.5 Å². The zero-order chi connectivity index (χ0) is 41.4. The number of carbonyl (C=O) groups excluding carboxylic acids is 4. The molecule has 10 rings (SSSR count). The van der Waals surface area contributed by atoms with Crippen molar-refractivity contribution in [2.75, 3.05) is 16.9 Å². The first-order chi connectivity index (χ1) is 29.1. The number of nitrogens with zero attached hydrogens (tertiary/aromatic N) is 3. The van der Waals surface area contributed by atoms with E-state index in [-0.39, 0.29) is 36.9 Å². The summed E-state index contributed by atoms with van der Waals surface area (Å²) < 4.78 is 25.8. The molecule has 3 heterocycles. The van der Waals surface area contributed by atoms with E-state index in [9.17, 15) is 23.9 Å². The molecule has 11 nitrogen and oxygen atoms in total. The number of amides is 4. The average Bonchev–Trinajstić information content (AvgIpc) is 3.87. The molecular weight excluding hydrogens is 787 g/mol. The molecule has 1 saturated carbocycles. The van der Waals surface area contributed by atoms with Gasteiger partial charge in [-0.15, -0.1) is 0 Å². The maximum absolute atomic E-state index is 15.4. The molecule has 2 aliphatic carbocycles. The van der Waals surface area contributed by atoms with Crippen LogP contribution in [0.5, 0.6) is 11.5 Å². The fourth-order valence-corrected chi connectivity index (χ4v) is 10.1. The SMILES string of the molecule is CCOc1cc([C@H]2C3=CC[C@@H]4C(=O)N(c5ccc(-c6nc7ccccc7o6)cc5)C(=O)[C@@H]4[C@@H]3C[C@H]3C(=O)N(Nc4ccc(F)cc4)C(=O)[C@@]23c2ccc(Cl)cc2)ccc1O. The van der Waals surface area contributed by atoms with Crippen LogP contribution in [0.3, 0.4) is 0 Å². The van der Waals surface area contributed by atoms with Gasteiger partial charge < -0.3 is 14.3 Å². The molecule has 13 heteroatoms. The molecular formula is C47H36ClFN4O7. The van der Waals surface area contributed by atoms with Crippen molar-refractivity contribution in [1.82, 2.24) is 9.99 Å². The fourth-order valence-electron chi connectivity index (χ4n) is 10.0. The Hall–Kier alpha value is -6.79. The molecule has 1 aromatic heterocycles. The number of ether oxygens (including phenoxy) is 1. The van der Waals surface area contributed by atoms with Gasteiger partial charge in [0.15, 0.2) is 17.1 Å². The van der Waals surface area contributed by atoms with E-state index in [0.29, 0.717) is 50.1 Å². The zero-order valence-electron chi connectivity index (χ0n) is 32.0. The van der Waals surface area contributed by atoms with Crippen molar-refractivity contribution in [3.05, 3.63) is 149 Å². The molecule has 3 fully saturated rings. The molecule has 6 atom stereocenters. The minimum absolute atomic E-state index is 0.0677. The molecule has 0 spiro atoms. The van der Waals surface area contributed by atoms with Gasteiger partial charge in [0.1, 0.15) is 11.3 Å². The summed E-state index contributed by atoms with van der Waals surface area (Å²) >= 11 is 6.41. The number of allylic oxidation sites excluding steroid dienone is 2. The summed E-state index contributed by atoms with van der Waals surface area (Å²) in [6.45, 7) is 2.03. The number of halogens is 2. The number of oxazole rings is 1. The second kappa shape index (κ2) is 14.2. The van der Waals surface area contributed by atoms with Gasteiger partial charge >= 0.3 is 0 Å². The van der Waals surface area contributed by atoms with Crippen molar-refractivity contribution in [3.8, 4) is 23.0 Å². The number of rotatable bonds is 8. The predicted molar refractivity (Wildman–Crippen MR) is 220 cm³/mol. The van der Waals surface area contributed by atoms with Crippen LogP contribution in [0.25, 0.3) is 22.6 Å². The Balaban J connectivity index is 1.09. The summed E-state index contributed by atoms with van der Waals surface area (Å²) in [6, 6.07) is 31.3. The van der Waals surface area contributed by atoms with Gasteiger partial charge in [-0.3, -0.25) is 29.5 Å². The summed E-state index contributed by atoms with van der Waals surface area (Å²) in [5, 5.41) is 12.3. The van der Waals surface area contributed by atoms with Gasteiger partial charge in [0.2, 0.25) is 17.7 Å². The summed E-state index contributed by atoms with van der Waals surface area (Å²) in [6.07, 6.45) is 2.24. The van der Waals surface area contributed by atoms with E-state index in [1.54, 1.807) is 67.6 Å². The number of aromatic hydroxyl groups is 1. The standard InChI is InChI=1S/C47H36ClFN4O7/c1-2-59-39-23-26(9-22-37(39)54)41-32-20-21-33-40(45(57)52(43(33)55)31-18-7-25(8-19-31)42-50-36-5-3-4-6-38(36)60-42)34(32)24-35-44(56)53(51-30-16-14-29(49)15-17-30)46(58)47(35,41)27-10-12-28(48)13-11-27/h3-20,22-23,33-35,40-41,51,54H,2,21,24H2,1H3/t33-,34+,35-,40-,41-,47+/m0/s1. The second-order valence-corrected chi connectivity index (χ2v) is 16.0. The highest BCUT2D eigenvalue weighted by Gasteiger charge is 2.70. The van der Waals surface area contributed by atoms with Crippen LogP contribution < -0.4 is 15.1 Å². The van der Waals surface area contributed by atoms with Gasteiger partial charge in [-0.1, -0.05) is 53.6 Å². The molecule has 0 radical (unpaired) electrons. The minimum Gasteiger partial charge on any atom is -0.504 e. The largest absolute Gasteiger partial charge is 0.504 e. The second-order valence-electron chi connectivity index (χ2n) is 15.6. The van der Waals surface area contributed by atoms with Gasteiger partial charge in [0.05, 0.1) is 41.2 Å². The minimum atomic E-state index is -1.59. The van der Waals surface area contributed by atoms with Crippen molar-refractivity contribution < 1.29 is 37.8 Å². The number of phenolic OH excluding ortho intramolecular Hbond substituents is 1. The summed E-state index contributed by atoms with van der Waals surface area (Å²) in [5.41, 5.74) is 5.91. The molecule has 2 N–H and O–H groups in total. The number of nitrogens with one attached hydrogen (secondary N) is 1. The maximum atomic E-state index is 15.4. The van der Waals surface area contributed by atoms with Crippen molar-refractivity contribution in [2.45, 2.75) is 31.1 Å². The van der Waals surface area contributed by atoms with E-state index >= 15 is 4.79 Å².